The van der Waals surface area contributed by atoms with Crippen LogP contribution in [0.15, 0.2) is 51.8 Å². The summed E-state index contributed by atoms with van der Waals surface area (Å²) in [5.74, 6) is -0.0782. The van der Waals surface area contributed by atoms with Crippen LogP contribution in [0.1, 0.15) is 6.42 Å². The molecule has 2 aromatic carbocycles. The average molecular weight is 369 g/mol. The Balaban J connectivity index is 1.83. The number of para-hydroxylation sites is 1. The van der Waals surface area contributed by atoms with Gasteiger partial charge < -0.3 is 11.1 Å². The predicted molar refractivity (Wildman–Crippen MR) is 88.9 cm³/mol. The van der Waals surface area contributed by atoms with Crippen molar-refractivity contribution in [3.8, 4) is 0 Å². The monoisotopic (exact) mass is 368 g/mol. The smallest absolute Gasteiger partial charge is 0.225 e. The van der Waals surface area contributed by atoms with Gasteiger partial charge in [-0.25, -0.2) is 4.39 Å². The molecule has 0 heterocycles. The molecular weight excluding hydrogens is 355 g/mol. The van der Waals surface area contributed by atoms with Gasteiger partial charge in [-0.2, -0.15) is 0 Å². The first kappa shape index (κ1) is 15.9. The number of amides is 1. The van der Waals surface area contributed by atoms with E-state index in [1.54, 1.807) is 12.1 Å². The molecule has 0 atom stereocenters. The molecule has 0 aromatic heterocycles. The number of nitrogens with two attached hydrogens (primary N) is 1. The third kappa shape index (κ3) is 4.75. The minimum Gasteiger partial charge on any atom is -0.398 e. The average Bonchev–Trinajstić information content (AvgIpc) is 2.44. The number of nitrogens with one attached hydrogen (secondary N) is 1. The number of nitrogen functional groups attached to an aromatic ring is 1. The maximum Gasteiger partial charge on any atom is 0.225 e. The van der Waals surface area contributed by atoms with E-state index in [2.05, 4.69) is 21.2 Å². The Labute approximate surface area is 135 Å². The van der Waals surface area contributed by atoms with Gasteiger partial charge in [0.05, 0.1) is 5.69 Å². The minimum absolute atomic E-state index is 0.204. The van der Waals surface area contributed by atoms with Crippen molar-refractivity contribution in [2.75, 3.05) is 16.8 Å². The normalized spacial score (nSPS) is 10.4. The largest absolute Gasteiger partial charge is 0.398 e. The topological polar surface area (TPSA) is 55.1 Å². The molecule has 0 aliphatic carbocycles. The molecule has 0 saturated carbocycles. The summed E-state index contributed by atoms with van der Waals surface area (Å²) in [4.78, 5) is 12.7. The van der Waals surface area contributed by atoms with Gasteiger partial charge in [0.15, 0.2) is 0 Å². The van der Waals surface area contributed by atoms with Gasteiger partial charge in [0.2, 0.25) is 5.91 Å². The van der Waals surface area contributed by atoms with Crippen LogP contribution in [0.3, 0.4) is 0 Å². The zero-order valence-electron chi connectivity index (χ0n) is 11.1. The highest BCUT2D eigenvalue weighted by Gasteiger charge is 2.07. The van der Waals surface area contributed by atoms with Gasteiger partial charge in [0.1, 0.15) is 5.82 Å². The van der Waals surface area contributed by atoms with Crippen molar-refractivity contribution in [3.63, 3.8) is 0 Å². The van der Waals surface area contributed by atoms with E-state index in [0.29, 0.717) is 11.4 Å². The molecular formula is C15H14BrFN2OS. The van der Waals surface area contributed by atoms with Crippen molar-refractivity contribution in [2.24, 2.45) is 0 Å². The van der Waals surface area contributed by atoms with Crippen molar-refractivity contribution in [1.82, 2.24) is 0 Å². The van der Waals surface area contributed by atoms with E-state index in [-0.39, 0.29) is 18.0 Å². The zero-order valence-corrected chi connectivity index (χ0v) is 13.5. The molecule has 2 aromatic rings. The van der Waals surface area contributed by atoms with Gasteiger partial charge in [-0.1, -0.05) is 28.1 Å². The molecule has 1 amide bonds. The lowest BCUT2D eigenvalue weighted by Gasteiger charge is -2.07. The van der Waals surface area contributed by atoms with Crippen molar-refractivity contribution in [3.05, 3.63) is 52.8 Å². The Bertz CT molecular complexity index is 651. The summed E-state index contributed by atoms with van der Waals surface area (Å²) in [5.41, 5.74) is 6.76. The Kier molecular flexibility index (Phi) is 5.64. The Morgan fingerprint density at radius 3 is 2.76 bits per heavy atom. The fraction of sp³-hybridized carbons (Fsp3) is 0.133. The van der Waals surface area contributed by atoms with E-state index >= 15 is 0 Å². The van der Waals surface area contributed by atoms with Crippen LogP contribution in [0.2, 0.25) is 0 Å². The van der Waals surface area contributed by atoms with Gasteiger partial charge in [0, 0.05) is 27.2 Å². The lowest BCUT2D eigenvalue weighted by Crippen LogP contribution is -2.13. The Hall–Kier alpha value is -1.53. The van der Waals surface area contributed by atoms with E-state index < -0.39 is 5.82 Å². The van der Waals surface area contributed by atoms with Gasteiger partial charge in [-0.05, 0) is 30.3 Å². The summed E-state index contributed by atoms with van der Waals surface area (Å²) in [7, 11) is 0. The molecule has 0 bridgehead atoms. The first-order chi connectivity index (χ1) is 10.1. The molecule has 0 aliphatic rings. The van der Waals surface area contributed by atoms with Crippen LogP contribution in [0.4, 0.5) is 15.8 Å². The van der Waals surface area contributed by atoms with Crippen molar-refractivity contribution in [2.45, 2.75) is 11.3 Å². The molecule has 2 rings (SSSR count). The summed E-state index contributed by atoms with van der Waals surface area (Å²) in [6.07, 6.45) is 0.286. The molecule has 3 N–H and O–H groups in total. The molecule has 6 heteroatoms. The van der Waals surface area contributed by atoms with Crippen molar-refractivity contribution < 1.29 is 9.18 Å². The molecule has 0 fully saturated rings. The van der Waals surface area contributed by atoms with E-state index in [0.717, 1.165) is 9.37 Å². The van der Waals surface area contributed by atoms with Crippen LogP contribution in [0.25, 0.3) is 0 Å². The third-order valence-electron chi connectivity index (χ3n) is 2.71. The van der Waals surface area contributed by atoms with Crippen LogP contribution in [-0.4, -0.2) is 11.7 Å². The Morgan fingerprint density at radius 1 is 1.29 bits per heavy atom. The number of halogens is 2. The second kappa shape index (κ2) is 7.47. The highest BCUT2D eigenvalue weighted by atomic mass is 79.9. The standard InChI is InChI=1S/C15H14BrFN2OS/c16-10-5-6-14(12(18)9-10)21-8-7-15(20)19-13-4-2-1-3-11(13)17/h1-6,9H,7-8,18H2,(H,19,20). The van der Waals surface area contributed by atoms with Gasteiger partial charge >= 0.3 is 0 Å². The molecule has 0 saturated heterocycles. The van der Waals surface area contributed by atoms with Gasteiger partial charge in [-0.15, -0.1) is 11.8 Å². The number of benzene rings is 2. The highest BCUT2D eigenvalue weighted by Crippen LogP contribution is 2.28. The summed E-state index contributed by atoms with van der Waals surface area (Å²) in [6, 6.07) is 11.7. The fourth-order valence-electron chi connectivity index (χ4n) is 1.68. The molecule has 0 unspecified atom stereocenters. The SMILES string of the molecule is Nc1cc(Br)ccc1SCCC(=O)Nc1ccccc1F. The number of hydrogen-bond acceptors (Lipinski definition) is 3. The van der Waals surface area contributed by atoms with Gasteiger partial charge in [0.25, 0.3) is 0 Å². The molecule has 21 heavy (non-hydrogen) atoms. The predicted octanol–water partition coefficient (Wildman–Crippen LogP) is 4.29. The van der Waals surface area contributed by atoms with Crippen LogP contribution in [-0.2, 0) is 4.79 Å². The van der Waals surface area contributed by atoms with Crippen molar-refractivity contribution in [1.29, 1.82) is 0 Å². The van der Waals surface area contributed by atoms with Crippen molar-refractivity contribution >= 4 is 45.0 Å². The number of carbonyl (C=O) groups is 1. The number of thioether (sulfide) groups is 1. The van der Waals surface area contributed by atoms with E-state index in [1.807, 2.05) is 18.2 Å². The highest BCUT2D eigenvalue weighted by molar-refractivity contribution is 9.10. The van der Waals surface area contributed by atoms with E-state index in [4.69, 9.17) is 5.73 Å². The molecule has 3 nitrogen and oxygen atoms in total. The summed E-state index contributed by atoms with van der Waals surface area (Å²) >= 11 is 4.84. The molecule has 0 radical (unpaired) electrons. The molecule has 0 spiro atoms. The summed E-state index contributed by atoms with van der Waals surface area (Å²) < 4.78 is 14.3. The number of hydrogen-bond donors (Lipinski definition) is 2. The van der Waals surface area contributed by atoms with E-state index in [9.17, 15) is 9.18 Å². The lowest BCUT2D eigenvalue weighted by atomic mass is 10.3. The number of anilines is 2. The zero-order chi connectivity index (χ0) is 15.2. The maximum absolute atomic E-state index is 13.4. The second-order valence-electron chi connectivity index (χ2n) is 4.31. The number of rotatable bonds is 5. The Morgan fingerprint density at radius 2 is 2.05 bits per heavy atom. The quantitative estimate of drug-likeness (QED) is 0.611. The summed E-state index contributed by atoms with van der Waals surface area (Å²) in [6.45, 7) is 0. The summed E-state index contributed by atoms with van der Waals surface area (Å²) in [5, 5.41) is 2.55. The first-order valence-corrected chi connectivity index (χ1v) is 8.06. The minimum atomic E-state index is -0.435. The van der Waals surface area contributed by atoms with Crippen LogP contribution in [0.5, 0.6) is 0 Å². The van der Waals surface area contributed by atoms with Crippen LogP contribution < -0.4 is 11.1 Å². The van der Waals surface area contributed by atoms with Crippen LogP contribution >= 0.6 is 27.7 Å². The van der Waals surface area contributed by atoms with Crippen LogP contribution in [0, 0.1) is 5.82 Å². The second-order valence-corrected chi connectivity index (χ2v) is 6.36. The molecule has 110 valence electrons. The van der Waals surface area contributed by atoms with Gasteiger partial charge in [-0.3, -0.25) is 4.79 Å². The lowest BCUT2D eigenvalue weighted by molar-refractivity contribution is -0.115. The fourth-order valence-corrected chi connectivity index (χ4v) is 2.96. The number of carbonyl (C=O) groups excluding carboxylic acids is 1. The first-order valence-electron chi connectivity index (χ1n) is 6.28. The molecule has 0 aliphatic heterocycles. The van der Waals surface area contributed by atoms with E-state index in [1.165, 1.54) is 23.9 Å². The third-order valence-corrected chi connectivity index (χ3v) is 4.29. The maximum atomic E-state index is 13.4.